The van der Waals surface area contributed by atoms with Crippen LogP contribution in [0.5, 0.6) is 5.75 Å². The Bertz CT molecular complexity index is 577. The van der Waals surface area contributed by atoms with Crippen LogP contribution in [0.4, 0.5) is 5.69 Å². The van der Waals surface area contributed by atoms with Gasteiger partial charge in [-0.2, -0.15) is 0 Å². The molecule has 1 N–H and O–H groups in total. The van der Waals surface area contributed by atoms with Crippen molar-refractivity contribution in [3.63, 3.8) is 0 Å². The average Bonchev–Trinajstić information content (AvgIpc) is 2.42. The first-order chi connectivity index (χ1) is 9.88. The summed E-state index contributed by atoms with van der Waals surface area (Å²) in [5.41, 5.74) is -0.114. The lowest BCUT2D eigenvalue weighted by molar-refractivity contribution is -0.384. The largest absolute Gasteiger partial charge is 0.530 e. The zero-order chi connectivity index (χ0) is 15.5. The standard InChI is InChI=1S/C11H13N2O7P/c1-8(14)12-9-6-18-21(17,19-7-9)20-11-4-2-10(3-5-11)13(15)16/h2-5,9H,6-7H2,1H3,(H,12,14). The third kappa shape index (κ3) is 4.25. The summed E-state index contributed by atoms with van der Waals surface area (Å²) in [6.45, 7) is 1.33. The van der Waals surface area contributed by atoms with E-state index in [1.165, 1.54) is 31.2 Å². The van der Waals surface area contributed by atoms with Crippen LogP contribution in [-0.2, 0) is 18.4 Å². The van der Waals surface area contributed by atoms with Crippen molar-refractivity contribution in [3.8, 4) is 5.75 Å². The molecule has 10 heteroatoms. The quantitative estimate of drug-likeness (QED) is 0.509. The van der Waals surface area contributed by atoms with Gasteiger partial charge < -0.3 is 9.84 Å². The monoisotopic (exact) mass is 316 g/mol. The summed E-state index contributed by atoms with van der Waals surface area (Å²) >= 11 is 0. The van der Waals surface area contributed by atoms with E-state index < -0.39 is 18.8 Å². The lowest BCUT2D eigenvalue weighted by atomic mass is 10.3. The Morgan fingerprint density at radius 3 is 2.43 bits per heavy atom. The number of phosphoric acid groups is 1. The summed E-state index contributed by atoms with van der Waals surface area (Å²) in [6, 6.07) is 4.62. The van der Waals surface area contributed by atoms with Crippen LogP contribution in [0.25, 0.3) is 0 Å². The van der Waals surface area contributed by atoms with Crippen molar-refractivity contribution in [1.82, 2.24) is 5.32 Å². The molecule has 0 unspecified atom stereocenters. The molecule has 1 aromatic carbocycles. The Balaban J connectivity index is 1.95. The molecule has 0 bridgehead atoms. The molecule has 0 radical (unpaired) electrons. The number of carbonyl (C=O) groups excluding carboxylic acids is 1. The van der Waals surface area contributed by atoms with E-state index in [0.717, 1.165) is 0 Å². The normalized spacial score (nSPS) is 25.1. The molecule has 114 valence electrons. The van der Waals surface area contributed by atoms with E-state index in [0.29, 0.717) is 0 Å². The number of phosphoric ester groups is 1. The number of nitrogens with one attached hydrogen (secondary N) is 1. The summed E-state index contributed by atoms with van der Waals surface area (Å²) in [7, 11) is -3.78. The number of benzene rings is 1. The minimum Gasteiger partial charge on any atom is -0.404 e. The number of hydrogen-bond donors (Lipinski definition) is 1. The average molecular weight is 316 g/mol. The van der Waals surface area contributed by atoms with Gasteiger partial charge in [-0.05, 0) is 12.1 Å². The third-order valence-corrected chi connectivity index (χ3v) is 3.90. The van der Waals surface area contributed by atoms with Crippen LogP contribution >= 0.6 is 7.82 Å². The summed E-state index contributed by atoms with van der Waals surface area (Å²) in [6.07, 6.45) is 0. The minimum absolute atomic E-state index is 0.0101. The van der Waals surface area contributed by atoms with Gasteiger partial charge in [0.25, 0.3) is 5.69 Å². The van der Waals surface area contributed by atoms with E-state index >= 15 is 0 Å². The van der Waals surface area contributed by atoms with Crippen molar-refractivity contribution < 1.29 is 27.9 Å². The van der Waals surface area contributed by atoms with E-state index in [1.54, 1.807) is 0 Å². The molecule has 1 aliphatic heterocycles. The van der Waals surface area contributed by atoms with Crippen molar-refractivity contribution in [2.75, 3.05) is 13.2 Å². The molecule has 1 heterocycles. The third-order valence-electron chi connectivity index (χ3n) is 2.54. The Kier molecular flexibility index (Phi) is 4.56. The molecule has 1 amide bonds. The first-order valence-electron chi connectivity index (χ1n) is 5.98. The molecule has 0 aromatic heterocycles. The van der Waals surface area contributed by atoms with Crippen LogP contribution in [0.15, 0.2) is 24.3 Å². The van der Waals surface area contributed by atoms with Crippen LogP contribution < -0.4 is 9.84 Å². The second-order valence-electron chi connectivity index (χ2n) is 4.28. The lowest BCUT2D eigenvalue weighted by Crippen LogP contribution is -2.42. The van der Waals surface area contributed by atoms with E-state index in [4.69, 9.17) is 13.6 Å². The van der Waals surface area contributed by atoms with Gasteiger partial charge in [0.1, 0.15) is 5.75 Å². The Morgan fingerprint density at radius 1 is 1.38 bits per heavy atom. The van der Waals surface area contributed by atoms with Crippen LogP contribution in [0.3, 0.4) is 0 Å². The fraction of sp³-hybridized carbons (Fsp3) is 0.364. The second-order valence-corrected chi connectivity index (χ2v) is 5.87. The van der Waals surface area contributed by atoms with Gasteiger partial charge in [0.15, 0.2) is 0 Å². The molecule has 1 saturated heterocycles. The van der Waals surface area contributed by atoms with Crippen LogP contribution in [0.2, 0.25) is 0 Å². The maximum absolute atomic E-state index is 12.1. The highest BCUT2D eigenvalue weighted by atomic mass is 31.2. The molecule has 1 aliphatic rings. The number of non-ortho nitro benzene ring substituents is 1. The fourth-order valence-corrected chi connectivity index (χ4v) is 2.91. The first kappa shape index (κ1) is 15.4. The zero-order valence-electron chi connectivity index (χ0n) is 11.1. The molecular weight excluding hydrogens is 303 g/mol. The number of nitro benzene ring substituents is 1. The smallest absolute Gasteiger partial charge is 0.404 e. The minimum atomic E-state index is -3.78. The predicted molar refractivity (Wildman–Crippen MR) is 70.8 cm³/mol. The van der Waals surface area contributed by atoms with Crippen molar-refractivity contribution >= 4 is 19.4 Å². The molecule has 0 aliphatic carbocycles. The van der Waals surface area contributed by atoms with Gasteiger partial charge in [0, 0.05) is 19.1 Å². The Labute approximate surface area is 120 Å². The highest BCUT2D eigenvalue weighted by molar-refractivity contribution is 7.49. The molecule has 1 aromatic rings. The van der Waals surface area contributed by atoms with E-state index in [-0.39, 0.29) is 30.6 Å². The first-order valence-corrected chi connectivity index (χ1v) is 7.44. The van der Waals surface area contributed by atoms with Crippen molar-refractivity contribution in [2.45, 2.75) is 13.0 Å². The second kappa shape index (κ2) is 6.21. The number of rotatable bonds is 4. The van der Waals surface area contributed by atoms with Crippen LogP contribution in [-0.4, -0.2) is 30.1 Å². The van der Waals surface area contributed by atoms with Gasteiger partial charge in [0.05, 0.1) is 24.2 Å². The van der Waals surface area contributed by atoms with Crippen molar-refractivity contribution in [2.24, 2.45) is 0 Å². The van der Waals surface area contributed by atoms with Crippen LogP contribution in [0.1, 0.15) is 6.92 Å². The number of nitrogens with zero attached hydrogens (tertiary/aromatic N) is 1. The van der Waals surface area contributed by atoms with E-state index in [1.807, 2.05) is 0 Å². The van der Waals surface area contributed by atoms with Crippen LogP contribution in [0, 0.1) is 10.1 Å². The number of nitro groups is 1. The van der Waals surface area contributed by atoms with Crippen molar-refractivity contribution in [3.05, 3.63) is 34.4 Å². The zero-order valence-corrected chi connectivity index (χ0v) is 11.9. The summed E-state index contributed by atoms with van der Waals surface area (Å²) in [5, 5.41) is 13.1. The van der Waals surface area contributed by atoms with Crippen molar-refractivity contribution in [1.29, 1.82) is 0 Å². The summed E-state index contributed by atoms with van der Waals surface area (Å²) < 4.78 is 27.3. The summed E-state index contributed by atoms with van der Waals surface area (Å²) in [5.74, 6) is -0.123. The Hall–Kier alpha value is -1.96. The predicted octanol–water partition coefficient (Wildman–Crippen LogP) is 1.63. The molecule has 2 rings (SSSR count). The fourth-order valence-electron chi connectivity index (χ4n) is 1.63. The highest BCUT2D eigenvalue weighted by Crippen LogP contribution is 2.51. The van der Waals surface area contributed by atoms with E-state index in [2.05, 4.69) is 5.32 Å². The highest BCUT2D eigenvalue weighted by Gasteiger charge is 2.36. The maximum Gasteiger partial charge on any atom is 0.530 e. The number of hydrogen-bond acceptors (Lipinski definition) is 7. The maximum atomic E-state index is 12.1. The number of amides is 1. The van der Waals surface area contributed by atoms with Gasteiger partial charge in [-0.25, -0.2) is 4.57 Å². The SMILES string of the molecule is CC(=O)NC1COP(=O)(Oc2ccc([N+](=O)[O-])cc2)OC1. The molecule has 0 atom stereocenters. The van der Waals surface area contributed by atoms with Gasteiger partial charge in [-0.15, -0.1) is 0 Å². The van der Waals surface area contributed by atoms with E-state index in [9.17, 15) is 19.5 Å². The van der Waals surface area contributed by atoms with Gasteiger partial charge in [0.2, 0.25) is 5.91 Å². The molecule has 21 heavy (non-hydrogen) atoms. The molecule has 0 saturated carbocycles. The molecular formula is C11H13N2O7P. The lowest BCUT2D eigenvalue weighted by Gasteiger charge is -2.28. The topological polar surface area (TPSA) is 117 Å². The number of carbonyl (C=O) groups is 1. The summed E-state index contributed by atoms with van der Waals surface area (Å²) in [4.78, 5) is 20.8. The molecule has 9 nitrogen and oxygen atoms in total. The molecule has 1 fully saturated rings. The molecule has 0 spiro atoms. The van der Waals surface area contributed by atoms with Gasteiger partial charge >= 0.3 is 7.82 Å². The Morgan fingerprint density at radius 2 is 1.95 bits per heavy atom. The van der Waals surface area contributed by atoms with Gasteiger partial charge in [-0.1, -0.05) is 0 Å². The van der Waals surface area contributed by atoms with Gasteiger partial charge in [-0.3, -0.25) is 24.0 Å².